The molecule has 1 aliphatic rings. The molecule has 156 valence electrons. The molecule has 0 radical (unpaired) electrons. The Labute approximate surface area is 185 Å². The average molecular weight is 523 g/mol. The molecule has 1 N–H and O–H groups in total. The van der Waals surface area contributed by atoms with E-state index >= 15 is 0 Å². The fraction of sp³-hybridized carbons (Fsp3) is 0.200. The Bertz CT molecular complexity index is 1040. The fourth-order valence-corrected chi connectivity index (χ4v) is 3.51. The van der Waals surface area contributed by atoms with Crippen LogP contribution >= 0.6 is 22.6 Å². The highest BCUT2D eigenvalue weighted by molar-refractivity contribution is 14.1. The number of carbonyl (C=O) groups is 2. The molecule has 1 heterocycles. The van der Waals surface area contributed by atoms with Crippen LogP contribution < -0.4 is 14.8 Å². The van der Waals surface area contributed by atoms with Gasteiger partial charge in [0.25, 0.3) is 11.6 Å². The van der Waals surface area contributed by atoms with Gasteiger partial charge in [-0.3, -0.25) is 19.8 Å². The topological polar surface area (TPSA) is 111 Å². The van der Waals surface area contributed by atoms with Crippen LogP contribution in [-0.2, 0) is 11.4 Å². The summed E-state index contributed by atoms with van der Waals surface area (Å²) in [5.74, 6) is 0.603. The summed E-state index contributed by atoms with van der Waals surface area (Å²) < 4.78 is 12.4. The highest BCUT2D eigenvalue weighted by atomic mass is 127. The van der Waals surface area contributed by atoms with Crippen molar-refractivity contribution in [2.45, 2.75) is 13.5 Å². The zero-order valence-electron chi connectivity index (χ0n) is 16.2. The number of carbonyl (C=O) groups excluding carboxylic acids is 2. The van der Waals surface area contributed by atoms with Crippen LogP contribution in [0.1, 0.15) is 18.1 Å². The maximum absolute atomic E-state index is 12.1. The summed E-state index contributed by atoms with van der Waals surface area (Å²) in [4.78, 5) is 35.0. The molecule has 0 spiro atoms. The molecule has 1 saturated heterocycles. The molecule has 1 aliphatic heterocycles. The van der Waals surface area contributed by atoms with Crippen LogP contribution in [0.2, 0.25) is 0 Å². The summed E-state index contributed by atoms with van der Waals surface area (Å²) in [7, 11) is 1.41. The van der Waals surface area contributed by atoms with Gasteiger partial charge < -0.3 is 14.8 Å². The second-order valence-corrected chi connectivity index (χ2v) is 7.49. The number of nitro benzene ring substituents is 1. The number of non-ortho nitro benzene ring substituents is 1. The highest BCUT2D eigenvalue weighted by Crippen LogP contribution is 2.35. The van der Waals surface area contributed by atoms with Gasteiger partial charge in [0.15, 0.2) is 11.5 Å². The first-order valence-electron chi connectivity index (χ1n) is 8.93. The molecule has 1 fully saturated rings. The summed E-state index contributed by atoms with van der Waals surface area (Å²) in [6.45, 7) is 2.45. The summed E-state index contributed by atoms with van der Waals surface area (Å²) in [5, 5.41) is 13.3. The van der Waals surface area contributed by atoms with Crippen LogP contribution in [0.5, 0.6) is 11.5 Å². The van der Waals surface area contributed by atoms with Gasteiger partial charge in [0.05, 0.1) is 15.1 Å². The molecule has 10 heteroatoms. The van der Waals surface area contributed by atoms with Crippen molar-refractivity contribution < 1.29 is 24.0 Å². The SMILES string of the molecule is CCOc1cc(/C=C2/NC(=O)N(C)C2=O)cc(I)c1OCc1ccc([N+](=O)[O-])cc1. The van der Waals surface area contributed by atoms with Crippen LogP contribution in [0.3, 0.4) is 0 Å². The molecule has 0 bridgehead atoms. The predicted molar refractivity (Wildman–Crippen MR) is 117 cm³/mol. The zero-order chi connectivity index (χ0) is 21.8. The number of nitrogens with one attached hydrogen (secondary N) is 1. The van der Waals surface area contributed by atoms with Crippen molar-refractivity contribution in [1.82, 2.24) is 10.2 Å². The number of likely N-dealkylation sites (N-methyl/N-ethyl adjacent to an activating group) is 1. The Morgan fingerprint density at radius 2 is 1.90 bits per heavy atom. The number of amides is 3. The van der Waals surface area contributed by atoms with Gasteiger partial charge in [-0.2, -0.15) is 0 Å². The van der Waals surface area contributed by atoms with Gasteiger partial charge in [0.2, 0.25) is 0 Å². The van der Waals surface area contributed by atoms with Crippen molar-refractivity contribution in [2.24, 2.45) is 0 Å². The van der Waals surface area contributed by atoms with Crippen LogP contribution in [0.15, 0.2) is 42.1 Å². The van der Waals surface area contributed by atoms with E-state index in [1.165, 1.54) is 19.2 Å². The van der Waals surface area contributed by atoms with Crippen LogP contribution in [-0.4, -0.2) is 35.4 Å². The van der Waals surface area contributed by atoms with Gasteiger partial charge in [-0.05, 0) is 71.0 Å². The Kier molecular flexibility index (Phi) is 6.55. The molecule has 3 amide bonds. The largest absolute Gasteiger partial charge is 0.490 e. The lowest BCUT2D eigenvalue weighted by atomic mass is 10.1. The number of benzene rings is 2. The number of ether oxygens (including phenoxy) is 2. The molecular weight excluding hydrogens is 505 g/mol. The minimum absolute atomic E-state index is 0.0138. The summed E-state index contributed by atoms with van der Waals surface area (Å²) >= 11 is 2.10. The quantitative estimate of drug-likeness (QED) is 0.195. The standard InChI is InChI=1S/C20H18IN3O6/c1-3-29-17-10-13(9-16-19(25)23(2)20(26)22-16)8-15(21)18(17)30-11-12-4-6-14(7-5-12)24(27)28/h4-10H,3,11H2,1-2H3,(H,22,26)/b16-9+. The Morgan fingerprint density at radius 1 is 1.20 bits per heavy atom. The molecule has 0 aliphatic carbocycles. The molecule has 2 aromatic rings. The Balaban J connectivity index is 1.84. The van der Waals surface area contributed by atoms with E-state index in [4.69, 9.17) is 9.47 Å². The first-order valence-corrected chi connectivity index (χ1v) is 10.0. The molecule has 0 unspecified atom stereocenters. The number of nitro groups is 1. The Morgan fingerprint density at radius 3 is 2.47 bits per heavy atom. The van der Waals surface area contributed by atoms with Gasteiger partial charge >= 0.3 is 6.03 Å². The number of rotatable bonds is 7. The van der Waals surface area contributed by atoms with Crippen molar-refractivity contribution in [3.05, 3.63) is 66.9 Å². The lowest BCUT2D eigenvalue weighted by Gasteiger charge is -2.15. The summed E-state index contributed by atoms with van der Waals surface area (Å²) in [6, 6.07) is 9.16. The monoisotopic (exact) mass is 523 g/mol. The van der Waals surface area contributed by atoms with Gasteiger partial charge in [-0.15, -0.1) is 0 Å². The third kappa shape index (κ3) is 4.70. The molecule has 0 aromatic heterocycles. The van der Waals surface area contributed by atoms with Crippen molar-refractivity contribution in [3.63, 3.8) is 0 Å². The second-order valence-electron chi connectivity index (χ2n) is 6.33. The maximum Gasteiger partial charge on any atom is 0.328 e. The van der Waals surface area contributed by atoms with Gasteiger partial charge in [0, 0.05) is 19.2 Å². The van der Waals surface area contributed by atoms with Gasteiger partial charge in [-0.25, -0.2) is 4.79 Å². The van der Waals surface area contributed by atoms with Crippen molar-refractivity contribution in [3.8, 4) is 11.5 Å². The number of hydrogen-bond donors (Lipinski definition) is 1. The lowest BCUT2D eigenvalue weighted by Crippen LogP contribution is -2.25. The maximum atomic E-state index is 12.1. The van der Waals surface area contributed by atoms with Crippen LogP contribution in [0.25, 0.3) is 6.08 Å². The number of imide groups is 1. The molecular formula is C20H18IN3O6. The summed E-state index contributed by atoms with van der Waals surface area (Å²) in [5.41, 5.74) is 1.64. The van der Waals surface area contributed by atoms with Crippen molar-refractivity contribution in [1.29, 1.82) is 0 Å². The first-order chi connectivity index (χ1) is 14.3. The summed E-state index contributed by atoms with van der Waals surface area (Å²) in [6.07, 6.45) is 1.58. The van der Waals surface area contributed by atoms with E-state index in [0.29, 0.717) is 23.7 Å². The van der Waals surface area contributed by atoms with E-state index in [1.54, 1.807) is 30.3 Å². The van der Waals surface area contributed by atoms with E-state index in [1.807, 2.05) is 6.92 Å². The first kappa shape index (κ1) is 21.6. The fourth-order valence-electron chi connectivity index (χ4n) is 2.73. The zero-order valence-corrected chi connectivity index (χ0v) is 18.3. The number of hydrogen-bond acceptors (Lipinski definition) is 6. The van der Waals surface area contributed by atoms with Crippen LogP contribution in [0, 0.1) is 13.7 Å². The third-order valence-corrected chi connectivity index (χ3v) is 5.06. The van der Waals surface area contributed by atoms with E-state index in [-0.39, 0.29) is 18.0 Å². The van der Waals surface area contributed by atoms with E-state index in [2.05, 4.69) is 27.9 Å². The van der Waals surface area contributed by atoms with Gasteiger partial charge in [0.1, 0.15) is 12.3 Å². The number of halogens is 1. The normalized spacial score (nSPS) is 14.8. The van der Waals surface area contributed by atoms with Crippen molar-refractivity contribution in [2.75, 3.05) is 13.7 Å². The Hall–Kier alpha value is -3.15. The molecule has 3 rings (SSSR count). The van der Waals surface area contributed by atoms with E-state index < -0.39 is 16.9 Å². The van der Waals surface area contributed by atoms with Crippen LogP contribution in [0.4, 0.5) is 10.5 Å². The average Bonchev–Trinajstić information content (AvgIpc) is 2.94. The molecule has 0 saturated carbocycles. The highest BCUT2D eigenvalue weighted by Gasteiger charge is 2.30. The van der Waals surface area contributed by atoms with Gasteiger partial charge in [-0.1, -0.05) is 0 Å². The smallest absolute Gasteiger partial charge is 0.328 e. The minimum Gasteiger partial charge on any atom is -0.490 e. The lowest BCUT2D eigenvalue weighted by molar-refractivity contribution is -0.384. The molecule has 9 nitrogen and oxygen atoms in total. The second kappa shape index (κ2) is 9.11. The third-order valence-electron chi connectivity index (χ3n) is 4.25. The molecule has 30 heavy (non-hydrogen) atoms. The van der Waals surface area contributed by atoms with E-state index in [0.717, 1.165) is 14.0 Å². The molecule has 0 atom stereocenters. The predicted octanol–water partition coefficient (Wildman–Crippen LogP) is 3.70. The van der Waals surface area contributed by atoms with E-state index in [9.17, 15) is 19.7 Å². The molecule has 2 aromatic carbocycles. The number of nitrogens with zero attached hydrogens (tertiary/aromatic N) is 2. The minimum atomic E-state index is -0.478. The number of urea groups is 1. The van der Waals surface area contributed by atoms with Crippen molar-refractivity contribution >= 4 is 46.3 Å².